The zero-order chi connectivity index (χ0) is 17.9. The van der Waals surface area contributed by atoms with E-state index in [-0.39, 0.29) is 38.5 Å². The van der Waals surface area contributed by atoms with Gasteiger partial charge >= 0.3 is 5.97 Å². The predicted molar refractivity (Wildman–Crippen MR) is 93.5 cm³/mol. The molecule has 2 rings (SSSR count). The summed E-state index contributed by atoms with van der Waals surface area (Å²) in [5, 5.41) is 2.52. The summed E-state index contributed by atoms with van der Waals surface area (Å²) in [5.41, 5.74) is 5.30. The smallest absolute Gasteiger partial charge is 0.359 e. The number of anilines is 1. The summed E-state index contributed by atoms with van der Waals surface area (Å²) in [6.45, 7) is 1.67. The Bertz CT molecular complexity index is 655. The first-order valence-corrected chi connectivity index (χ1v) is 8.71. The van der Waals surface area contributed by atoms with E-state index in [9.17, 15) is 9.59 Å². The fourth-order valence-electron chi connectivity index (χ4n) is 2.65. The molecule has 6 nitrogen and oxygen atoms in total. The lowest BCUT2D eigenvalue weighted by molar-refractivity contribution is -0.125. The van der Waals surface area contributed by atoms with Crippen LogP contribution in [-0.4, -0.2) is 29.5 Å². The number of nitrogens with two attached hydrogens (primary N) is 1. The minimum absolute atomic E-state index is 0.0396. The highest BCUT2D eigenvalue weighted by Crippen LogP contribution is 2.34. The maximum Gasteiger partial charge on any atom is 0.359 e. The zero-order valence-electron chi connectivity index (χ0n) is 13.1. The maximum absolute atomic E-state index is 12.0. The molecule has 0 aromatic carbocycles. The topological polar surface area (TPSA) is 94.3 Å². The molecule has 0 radical (unpaired) electrons. The van der Waals surface area contributed by atoms with E-state index in [4.69, 9.17) is 45.3 Å². The van der Waals surface area contributed by atoms with Crippen molar-refractivity contribution in [1.82, 2.24) is 10.3 Å². The van der Waals surface area contributed by atoms with Crippen molar-refractivity contribution in [3.05, 3.63) is 20.9 Å². The molecule has 1 saturated carbocycles. The number of pyridine rings is 1. The first kappa shape index (κ1) is 19.1. The summed E-state index contributed by atoms with van der Waals surface area (Å²) >= 11 is 17.5. The van der Waals surface area contributed by atoms with E-state index in [2.05, 4.69) is 17.2 Å². The van der Waals surface area contributed by atoms with Gasteiger partial charge in [0.2, 0.25) is 0 Å². The highest BCUT2D eigenvalue weighted by molar-refractivity contribution is 6.46. The summed E-state index contributed by atoms with van der Waals surface area (Å²) in [7, 11) is 0. The van der Waals surface area contributed by atoms with Crippen molar-refractivity contribution in [3.8, 4) is 0 Å². The van der Waals surface area contributed by atoms with Crippen molar-refractivity contribution in [2.24, 2.45) is 5.92 Å². The van der Waals surface area contributed by atoms with Crippen molar-refractivity contribution in [1.29, 1.82) is 0 Å². The highest BCUT2D eigenvalue weighted by atomic mass is 35.5. The van der Waals surface area contributed by atoms with Gasteiger partial charge in [0.05, 0.1) is 10.7 Å². The molecule has 0 saturated heterocycles. The molecule has 1 amide bonds. The van der Waals surface area contributed by atoms with Crippen LogP contribution in [0, 0.1) is 5.92 Å². The molecule has 2 atom stereocenters. The van der Waals surface area contributed by atoms with Crippen LogP contribution in [0.5, 0.6) is 0 Å². The number of esters is 1. The van der Waals surface area contributed by atoms with E-state index >= 15 is 0 Å². The second-order valence-corrected chi connectivity index (χ2v) is 6.92. The average molecular weight is 395 g/mol. The predicted octanol–water partition coefficient (Wildman–Crippen LogP) is 3.48. The number of rotatable bonds is 4. The number of aromatic nitrogens is 1. The van der Waals surface area contributed by atoms with Crippen LogP contribution in [0.1, 0.15) is 43.1 Å². The zero-order valence-corrected chi connectivity index (χ0v) is 15.3. The van der Waals surface area contributed by atoms with Crippen LogP contribution in [0.25, 0.3) is 0 Å². The first-order chi connectivity index (χ1) is 11.3. The standard InChI is InChI=1S/C15H18Cl3N3O3/c1-7-4-2-3-5-8(7)20-9(22)6-24-15(23)13-10(16)12(19)11(17)14(18)21-13/h7-8H,2-6H2,1H3,(H2,19,21)(H,20,22)/t7-,8-/m1/s1. The van der Waals surface area contributed by atoms with Crippen molar-refractivity contribution < 1.29 is 14.3 Å². The number of nitrogens with zero attached hydrogens (tertiary/aromatic N) is 1. The van der Waals surface area contributed by atoms with E-state index in [1.165, 1.54) is 6.42 Å². The van der Waals surface area contributed by atoms with Gasteiger partial charge in [-0.05, 0) is 18.8 Å². The van der Waals surface area contributed by atoms with Crippen molar-refractivity contribution in [2.75, 3.05) is 12.3 Å². The van der Waals surface area contributed by atoms with Gasteiger partial charge in [-0.2, -0.15) is 0 Å². The molecule has 132 valence electrons. The Kier molecular flexibility index (Phi) is 6.54. The molecular weight excluding hydrogens is 377 g/mol. The van der Waals surface area contributed by atoms with Crippen LogP contribution < -0.4 is 11.1 Å². The lowest BCUT2D eigenvalue weighted by atomic mass is 9.86. The number of amides is 1. The number of carbonyl (C=O) groups is 2. The summed E-state index contributed by atoms with van der Waals surface area (Å²) in [4.78, 5) is 27.7. The lowest BCUT2D eigenvalue weighted by Gasteiger charge is -2.29. The van der Waals surface area contributed by atoms with Gasteiger partial charge in [-0.15, -0.1) is 0 Å². The number of halogens is 3. The monoisotopic (exact) mass is 393 g/mol. The van der Waals surface area contributed by atoms with E-state index in [0.29, 0.717) is 5.92 Å². The van der Waals surface area contributed by atoms with Gasteiger partial charge < -0.3 is 15.8 Å². The van der Waals surface area contributed by atoms with Crippen LogP contribution in [0.4, 0.5) is 5.69 Å². The van der Waals surface area contributed by atoms with Crippen molar-refractivity contribution in [2.45, 2.75) is 38.6 Å². The van der Waals surface area contributed by atoms with Crippen molar-refractivity contribution >= 4 is 52.4 Å². The Morgan fingerprint density at radius 1 is 1.25 bits per heavy atom. The molecule has 0 aliphatic heterocycles. The highest BCUT2D eigenvalue weighted by Gasteiger charge is 2.24. The summed E-state index contributed by atoms with van der Waals surface area (Å²) in [6, 6.07) is 0.104. The Morgan fingerprint density at radius 2 is 1.92 bits per heavy atom. The Morgan fingerprint density at radius 3 is 2.58 bits per heavy atom. The maximum atomic E-state index is 12.0. The normalized spacial score (nSPS) is 20.5. The molecule has 1 aromatic heterocycles. The molecule has 1 aliphatic carbocycles. The number of hydrogen-bond acceptors (Lipinski definition) is 5. The van der Waals surface area contributed by atoms with Gasteiger partial charge in [-0.1, -0.05) is 54.6 Å². The molecule has 1 heterocycles. The third kappa shape index (κ3) is 4.43. The summed E-state index contributed by atoms with van der Waals surface area (Å²) < 4.78 is 4.94. The minimum Gasteiger partial charge on any atom is -0.451 e. The minimum atomic E-state index is -0.892. The number of carbonyl (C=O) groups excluding carboxylic acids is 2. The third-order valence-electron chi connectivity index (χ3n) is 4.06. The Labute approximate surface area is 155 Å². The van der Waals surface area contributed by atoms with Crippen LogP contribution in [-0.2, 0) is 9.53 Å². The van der Waals surface area contributed by atoms with Crippen LogP contribution in [0.3, 0.4) is 0 Å². The van der Waals surface area contributed by atoms with E-state index < -0.39 is 12.6 Å². The molecule has 3 N–H and O–H groups in total. The fourth-order valence-corrected chi connectivity index (χ4v) is 3.23. The largest absolute Gasteiger partial charge is 0.451 e. The Balaban J connectivity index is 1.94. The van der Waals surface area contributed by atoms with Crippen LogP contribution in [0.15, 0.2) is 0 Å². The number of hydrogen-bond donors (Lipinski definition) is 2. The molecule has 1 aromatic rings. The summed E-state index contributed by atoms with van der Waals surface area (Å²) in [5.74, 6) is -0.854. The molecular formula is C15H18Cl3N3O3. The third-order valence-corrected chi connectivity index (χ3v) is 5.19. The van der Waals surface area contributed by atoms with Gasteiger partial charge in [-0.3, -0.25) is 4.79 Å². The second kappa shape index (κ2) is 8.23. The van der Waals surface area contributed by atoms with Gasteiger partial charge in [0, 0.05) is 6.04 Å². The second-order valence-electron chi connectivity index (χ2n) is 5.80. The number of ether oxygens (including phenoxy) is 1. The number of nitrogen functional groups attached to an aromatic ring is 1. The quantitative estimate of drug-likeness (QED) is 0.602. The molecule has 9 heteroatoms. The fraction of sp³-hybridized carbons (Fsp3) is 0.533. The van der Waals surface area contributed by atoms with E-state index in [1.54, 1.807) is 0 Å². The summed E-state index contributed by atoms with van der Waals surface area (Å²) in [6.07, 6.45) is 4.26. The SMILES string of the molecule is C[C@@H]1CCCC[C@H]1NC(=O)COC(=O)c1nc(Cl)c(Cl)c(N)c1Cl. The van der Waals surface area contributed by atoms with Gasteiger partial charge in [-0.25, -0.2) is 9.78 Å². The molecule has 1 fully saturated rings. The van der Waals surface area contributed by atoms with E-state index in [0.717, 1.165) is 19.3 Å². The van der Waals surface area contributed by atoms with Crippen LogP contribution >= 0.6 is 34.8 Å². The van der Waals surface area contributed by atoms with Crippen LogP contribution in [0.2, 0.25) is 15.2 Å². The molecule has 0 bridgehead atoms. The van der Waals surface area contributed by atoms with E-state index in [1.807, 2.05) is 0 Å². The van der Waals surface area contributed by atoms with Gasteiger partial charge in [0.25, 0.3) is 5.91 Å². The Hall–Kier alpha value is -1.24. The molecule has 1 aliphatic rings. The molecule has 0 unspecified atom stereocenters. The van der Waals surface area contributed by atoms with Gasteiger partial charge in [0.15, 0.2) is 17.5 Å². The first-order valence-electron chi connectivity index (χ1n) is 7.57. The molecule has 24 heavy (non-hydrogen) atoms. The van der Waals surface area contributed by atoms with Crippen molar-refractivity contribution in [3.63, 3.8) is 0 Å². The average Bonchev–Trinajstić information content (AvgIpc) is 2.56. The number of nitrogens with one attached hydrogen (secondary N) is 1. The lowest BCUT2D eigenvalue weighted by Crippen LogP contribution is -2.42. The molecule has 0 spiro atoms. The van der Waals surface area contributed by atoms with Gasteiger partial charge in [0.1, 0.15) is 5.02 Å².